The molecule has 1 atom stereocenters. The van der Waals surface area contributed by atoms with Crippen LogP contribution in [0.1, 0.15) is 52.1 Å². The molecule has 1 aliphatic heterocycles. The molecule has 2 N–H and O–H groups in total. The number of nitrogens with one attached hydrogen (secondary N) is 2. The fourth-order valence-corrected chi connectivity index (χ4v) is 3.96. The van der Waals surface area contributed by atoms with E-state index in [0.29, 0.717) is 39.8 Å². The molecule has 0 aliphatic carbocycles. The SMILES string of the molecule is CCCCN1C(=O)NC(c2cccc(NC(=O)COc3ccc(Cl)cc3)c2)C(C(=O)OC(C)C)=C1C. The Morgan fingerprint density at radius 1 is 1.17 bits per heavy atom. The van der Waals surface area contributed by atoms with Gasteiger partial charge in [0.05, 0.1) is 17.7 Å². The number of carbonyl (C=O) groups is 3. The van der Waals surface area contributed by atoms with Crippen molar-refractivity contribution in [1.82, 2.24) is 10.2 Å². The number of rotatable bonds is 10. The van der Waals surface area contributed by atoms with E-state index in [2.05, 4.69) is 10.6 Å². The summed E-state index contributed by atoms with van der Waals surface area (Å²) in [6, 6.07) is 12.7. The van der Waals surface area contributed by atoms with Crippen LogP contribution >= 0.6 is 11.6 Å². The highest BCUT2D eigenvalue weighted by Gasteiger charge is 2.36. The summed E-state index contributed by atoms with van der Waals surface area (Å²) >= 11 is 5.87. The first-order valence-electron chi connectivity index (χ1n) is 12.0. The molecule has 36 heavy (non-hydrogen) atoms. The summed E-state index contributed by atoms with van der Waals surface area (Å²) in [4.78, 5) is 40.0. The number of urea groups is 1. The van der Waals surface area contributed by atoms with Crippen LogP contribution in [-0.4, -0.2) is 42.1 Å². The van der Waals surface area contributed by atoms with Crippen molar-refractivity contribution in [2.45, 2.75) is 52.7 Å². The number of unbranched alkanes of at least 4 members (excludes halogenated alkanes) is 1. The van der Waals surface area contributed by atoms with Gasteiger partial charge in [0.25, 0.3) is 5.91 Å². The first kappa shape index (κ1) is 27.1. The Bertz CT molecular complexity index is 1130. The summed E-state index contributed by atoms with van der Waals surface area (Å²) in [5.41, 5.74) is 2.08. The maximum Gasteiger partial charge on any atom is 0.338 e. The molecule has 3 rings (SSSR count). The molecule has 0 spiro atoms. The van der Waals surface area contributed by atoms with Crippen LogP contribution < -0.4 is 15.4 Å². The highest BCUT2D eigenvalue weighted by atomic mass is 35.5. The predicted molar refractivity (Wildman–Crippen MR) is 139 cm³/mol. The van der Waals surface area contributed by atoms with Crippen LogP contribution in [0.2, 0.25) is 5.02 Å². The zero-order valence-electron chi connectivity index (χ0n) is 21.0. The van der Waals surface area contributed by atoms with E-state index in [1.807, 2.05) is 6.92 Å². The van der Waals surface area contributed by atoms with Gasteiger partial charge in [-0.15, -0.1) is 0 Å². The van der Waals surface area contributed by atoms with Gasteiger partial charge >= 0.3 is 12.0 Å². The van der Waals surface area contributed by atoms with Crippen molar-refractivity contribution in [2.75, 3.05) is 18.5 Å². The average molecular weight is 514 g/mol. The van der Waals surface area contributed by atoms with Crippen LogP contribution in [0.4, 0.5) is 10.5 Å². The second-order valence-electron chi connectivity index (χ2n) is 8.76. The minimum absolute atomic E-state index is 0.191. The molecule has 0 radical (unpaired) electrons. The third-order valence-electron chi connectivity index (χ3n) is 5.58. The molecule has 8 nitrogen and oxygen atoms in total. The monoisotopic (exact) mass is 513 g/mol. The van der Waals surface area contributed by atoms with Gasteiger partial charge in [-0.1, -0.05) is 37.1 Å². The van der Waals surface area contributed by atoms with Crippen molar-refractivity contribution in [3.8, 4) is 5.75 Å². The quantitative estimate of drug-likeness (QED) is 0.412. The van der Waals surface area contributed by atoms with E-state index in [1.165, 1.54) is 0 Å². The highest BCUT2D eigenvalue weighted by molar-refractivity contribution is 6.30. The van der Waals surface area contributed by atoms with E-state index in [4.69, 9.17) is 21.1 Å². The average Bonchev–Trinajstić information content (AvgIpc) is 2.83. The van der Waals surface area contributed by atoms with Crippen molar-refractivity contribution in [1.29, 1.82) is 0 Å². The van der Waals surface area contributed by atoms with Crippen molar-refractivity contribution < 1.29 is 23.9 Å². The van der Waals surface area contributed by atoms with E-state index >= 15 is 0 Å². The number of hydrogen-bond donors (Lipinski definition) is 2. The number of ether oxygens (including phenoxy) is 2. The molecule has 1 unspecified atom stereocenters. The van der Waals surface area contributed by atoms with Gasteiger partial charge in [-0.25, -0.2) is 9.59 Å². The molecule has 2 aromatic carbocycles. The van der Waals surface area contributed by atoms with Gasteiger partial charge in [0.15, 0.2) is 6.61 Å². The van der Waals surface area contributed by atoms with E-state index in [0.717, 1.165) is 12.8 Å². The van der Waals surface area contributed by atoms with E-state index < -0.39 is 12.0 Å². The first-order valence-corrected chi connectivity index (χ1v) is 12.3. The van der Waals surface area contributed by atoms with Gasteiger partial charge in [-0.3, -0.25) is 9.69 Å². The van der Waals surface area contributed by atoms with Gasteiger partial charge in [0, 0.05) is 23.0 Å². The fourth-order valence-electron chi connectivity index (χ4n) is 3.83. The standard InChI is InChI=1S/C27H32ClN3O5/c1-5-6-14-31-18(4)24(26(33)36-17(2)3)25(30-27(31)34)19-8-7-9-21(15-19)29-23(32)16-35-22-12-10-20(28)11-13-22/h7-13,15,17,25H,5-6,14,16H2,1-4H3,(H,29,32)(H,30,34). The minimum Gasteiger partial charge on any atom is -0.484 e. The molecule has 1 heterocycles. The Kier molecular flexibility index (Phi) is 9.36. The highest BCUT2D eigenvalue weighted by Crippen LogP contribution is 2.33. The smallest absolute Gasteiger partial charge is 0.338 e. The van der Waals surface area contributed by atoms with Gasteiger partial charge < -0.3 is 20.1 Å². The lowest BCUT2D eigenvalue weighted by Gasteiger charge is -2.35. The van der Waals surface area contributed by atoms with Crippen molar-refractivity contribution in [3.05, 3.63) is 70.4 Å². The van der Waals surface area contributed by atoms with Crippen molar-refractivity contribution in [2.24, 2.45) is 0 Å². The molecule has 0 saturated carbocycles. The van der Waals surface area contributed by atoms with Crippen LogP contribution in [0.25, 0.3) is 0 Å². The minimum atomic E-state index is -0.719. The lowest BCUT2D eigenvalue weighted by Crippen LogP contribution is -2.48. The zero-order chi connectivity index (χ0) is 26.2. The Morgan fingerprint density at radius 3 is 2.56 bits per heavy atom. The Hall–Kier alpha value is -3.52. The Labute approximate surface area is 216 Å². The van der Waals surface area contributed by atoms with Crippen LogP contribution in [-0.2, 0) is 14.3 Å². The number of nitrogens with zero attached hydrogens (tertiary/aromatic N) is 1. The first-order chi connectivity index (χ1) is 17.2. The molecule has 1 aliphatic rings. The molecule has 0 fully saturated rings. The number of esters is 1. The van der Waals surface area contributed by atoms with Crippen molar-refractivity contribution >= 4 is 35.2 Å². The summed E-state index contributed by atoms with van der Waals surface area (Å²) in [7, 11) is 0. The Morgan fingerprint density at radius 2 is 1.89 bits per heavy atom. The number of benzene rings is 2. The summed E-state index contributed by atoms with van der Waals surface area (Å²) in [6.45, 7) is 7.67. The summed E-state index contributed by atoms with van der Waals surface area (Å²) in [5.74, 6) is -0.318. The molecule has 9 heteroatoms. The van der Waals surface area contributed by atoms with Crippen LogP contribution in [0.5, 0.6) is 5.75 Å². The largest absolute Gasteiger partial charge is 0.484 e. The molecular weight excluding hydrogens is 482 g/mol. The van der Waals surface area contributed by atoms with Gasteiger partial charge in [-0.2, -0.15) is 0 Å². The number of amides is 3. The number of anilines is 1. The van der Waals surface area contributed by atoms with Crippen molar-refractivity contribution in [3.63, 3.8) is 0 Å². The summed E-state index contributed by atoms with van der Waals surface area (Å²) in [6.07, 6.45) is 1.41. The van der Waals surface area contributed by atoms with Gasteiger partial charge in [0.1, 0.15) is 5.75 Å². The number of allylic oxidation sites excluding steroid dienone is 1. The lowest BCUT2D eigenvalue weighted by atomic mass is 9.94. The maximum atomic E-state index is 13.1. The third-order valence-corrected chi connectivity index (χ3v) is 5.83. The second kappa shape index (κ2) is 12.4. The predicted octanol–water partition coefficient (Wildman–Crippen LogP) is 5.45. The lowest BCUT2D eigenvalue weighted by molar-refractivity contribution is -0.143. The molecule has 0 aromatic heterocycles. The topological polar surface area (TPSA) is 97.0 Å². The molecule has 2 aromatic rings. The summed E-state index contributed by atoms with van der Waals surface area (Å²) < 4.78 is 11.0. The van der Waals surface area contributed by atoms with Gasteiger partial charge in [-0.05, 0) is 69.2 Å². The Balaban J connectivity index is 1.81. The summed E-state index contributed by atoms with van der Waals surface area (Å²) in [5, 5.41) is 6.31. The zero-order valence-corrected chi connectivity index (χ0v) is 21.7. The van der Waals surface area contributed by atoms with Crippen LogP contribution in [0.3, 0.4) is 0 Å². The molecule has 192 valence electrons. The number of carbonyl (C=O) groups excluding carboxylic acids is 3. The fraction of sp³-hybridized carbons (Fsp3) is 0.370. The normalized spacial score (nSPS) is 15.6. The van der Waals surface area contributed by atoms with Crippen LogP contribution in [0, 0.1) is 0 Å². The third kappa shape index (κ3) is 7.01. The van der Waals surface area contributed by atoms with E-state index in [-0.39, 0.29) is 24.6 Å². The molecule has 0 saturated heterocycles. The second-order valence-corrected chi connectivity index (χ2v) is 9.19. The van der Waals surface area contributed by atoms with Crippen LogP contribution in [0.15, 0.2) is 59.8 Å². The maximum absolute atomic E-state index is 13.1. The molecule has 0 bridgehead atoms. The number of hydrogen-bond acceptors (Lipinski definition) is 5. The van der Waals surface area contributed by atoms with E-state index in [1.54, 1.807) is 74.2 Å². The molecule has 3 amide bonds. The number of halogens is 1. The molecular formula is C27H32ClN3O5. The van der Waals surface area contributed by atoms with Gasteiger partial charge in [0.2, 0.25) is 0 Å². The van der Waals surface area contributed by atoms with E-state index in [9.17, 15) is 14.4 Å².